The molecule has 1 atom stereocenters. The molecule has 4 heteroatoms. The molecule has 3 nitrogen and oxygen atoms in total. The van der Waals surface area contributed by atoms with E-state index >= 15 is 0 Å². The highest BCUT2D eigenvalue weighted by atomic mass is 79.9. The largest absolute Gasteiger partial charge is 0.466 e. The highest BCUT2D eigenvalue weighted by Gasteiger charge is 2.19. The van der Waals surface area contributed by atoms with Crippen LogP contribution >= 0.6 is 15.9 Å². The summed E-state index contributed by atoms with van der Waals surface area (Å²) in [6.07, 6.45) is 3.52. The third kappa shape index (κ3) is 2.76. The number of rotatable bonds is 4. The summed E-state index contributed by atoms with van der Waals surface area (Å²) in [5, 5.41) is 3.42. The van der Waals surface area contributed by atoms with Crippen LogP contribution in [0.25, 0.3) is 0 Å². The number of hydrogen-bond donors (Lipinski definition) is 1. The Labute approximate surface area is 109 Å². The van der Waals surface area contributed by atoms with E-state index in [-0.39, 0.29) is 6.04 Å². The first-order valence-corrected chi connectivity index (χ1v) is 6.40. The Morgan fingerprint density at radius 2 is 2.29 bits per heavy atom. The normalized spacial score (nSPS) is 12.6. The molecule has 1 N–H and O–H groups in total. The summed E-state index contributed by atoms with van der Waals surface area (Å²) in [7, 11) is 0. The number of pyridine rings is 1. The summed E-state index contributed by atoms with van der Waals surface area (Å²) in [6.45, 7) is 4.95. The van der Waals surface area contributed by atoms with E-state index < -0.39 is 0 Å². The van der Waals surface area contributed by atoms with Crippen molar-refractivity contribution in [3.8, 4) is 0 Å². The molecule has 0 saturated heterocycles. The van der Waals surface area contributed by atoms with Crippen LogP contribution in [-0.2, 0) is 0 Å². The molecule has 0 fully saturated rings. The first-order chi connectivity index (χ1) is 8.22. The topological polar surface area (TPSA) is 38.1 Å². The summed E-state index contributed by atoms with van der Waals surface area (Å²) in [5.41, 5.74) is 2.17. The Kier molecular flexibility index (Phi) is 3.97. The molecule has 0 amide bonds. The number of furan rings is 1. The van der Waals surface area contributed by atoms with Crippen LogP contribution in [0.15, 0.2) is 39.5 Å². The van der Waals surface area contributed by atoms with Gasteiger partial charge in [0.15, 0.2) is 0 Å². The Hall–Kier alpha value is -1.13. The molecule has 1 unspecified atom stereocenters. The Morgan fingerprint density at radius 1 is 1.47 bits per heavy atom. The molecule has 2 rings (SSSR count). The molecule has 0 spiro atoms. The van der Waals surface area contributed by atoms with Crippen molar-refractivity contribution in [1.82, 2.24) is 10.3 Å². The van der Waals surface area contributed by atoms with Gasteiger partial charge in [-0.25, -0.2) is 0 Å². The van der Waals surface area contributed by atoms with Crippen molar-refractivity contribution < 1.29 is 4.42 Å². The lowest BCUT2D eigenvalue weighted by atomic mass is 10.1. The van der Waals surface area contributed by atoms with E-state index in [2.05, 4.69) is 39.2 Å². The lowest BCUT2D eigenvalue weighted by Crippen LogP contribution is -2.22. The number of aromatic nitrogens is 1. The van der Waals surface area contributed by atoms with Crippen molar-refractivity contribution in [2.45, 2.75) is 19.9 Å². The maximum absolute atomic E-state index is 5.54. The molecule has 0 radical (unpaired) electrons. The maximum atomic E-state index is 5.54. The molecule has 2 heterocycles. The van der Waals surface area contributed by atoms with Crippen molar-refractivity contribution in [2.75, 3.05) is 6.54 Å². The minimum Gasteiger partial charge on any atom is -0.466 e. The molecule has 90 valence electrons. The van der Waals surface area contributed by atoms with Gasteiger partial charge in [-0.15, -0.1) is 0 Å². The molecule has 2 aromatic rings. The van der Waals surface area contributed by atoms with E-state index in [9.17, 15) is 0 Å². The van der Waals surface area contributed by atoms with Crippen molar-refractivity contribution in [1.29, 1.82) is 0 Å². The van der Waals surface area contributed by atoms with Crippen LogP contribution in [0.5, 0.6) is 0 Å². The monoisotopic (exact) mass is 294 g/mol. The highest BCUT2D eigenvalue weighted by Crippen LogP contribution is 2.29. The molecule has 0 aliphatic carbocycles. The molecule has 0 aliphatic rings. The van der Waals surface area contributed by atoms with Gasteiger partial charge in [-0.1, -0.05) is 6.92 Å². The zero-order valence-electron chi connectivity index (χ0n) is 9.90. The minimum absolute atomic E-state index is 0.0612. The quantitative estimate of drug-likeness (QED) is 0.939. The zero-order valence-corrected chi connectivity index (χ0v) is 11.5. The van der Waals surface area contributed by atoms with Crippen molar-refractivity contribution in [3.05, 3.63) is 52.1 Å². The number of nitrogens with one attached hydrogen (secondary N) is 1. The van der Waals surface area contributed by atoms with E-state index in [0.717, 1.165) is 28.0 Å². The average Bonchev–Trinajstić information content (AvgIpc) is 2.72. The Morgan fingerprint density at radius 3 is 2.88 bits per heavy atom. The smallest absolute Gasteiger partial charge is 0.139 e. The van der Waals surface area contributed by atoms with Crippen LogP contribution in [0.1, 0.15) is 30.0 Å². The van der Waals surface area contributed by atoms with Gasteiger partial charge in [0, 0.05) is 11.9 Å². The van der Waals surface area contributed by atoms with Crippen LogP contribution in [0.2, 0.25) is 0 Å². The fraction of sp³-hybridized carbons (Fsp3) is 0.308. The van der Waals surface area contributed by atoms with Gasteiger partial charge in [0.25, 0.3) is 0 Å². The molecule has 0 saturated carbocycles. The Bertz CT molecular complexity index is 496. The molecule has 17 heavy (non-hydrogen) atoms. The van der Waals surface area contributed by atoms with Gasteiger partial charge in [0.1, 0.15) is 5.76 Å². The number of nitrogens with zero attached hydrogens (tertiary/aromatic N) is 1. The summed E-state index contributed by atoms with van der Waals surface area (Å²) in [4.78, 5) is 4.22. The first kappa shape index (κ1) is 12.3. The predicted molar refractivity (Wildman–Crippen MR) is 70.9 cm³/mol. The first-order valence-electron chi connectivity index (χ1n) is 5.61. The van der Waals surface area contributed by atoms with E-state index in [1.807, 2.05) is 25.3 Å². The molecule has 2 aromatic heterocycles. The fourth-order valence-electron chi connectivity index (χ4n) is 1.82. The standard InChI is InChI=1S/C13H15BrN2O/c1-3-15-12(13-11(14)5-7-17-13)10-4-6-16-9(2)8-10/h4-8,12,15H,3H2,1-2H3. The highest BCUT2D eigenvalue weighted by molar-refractivity contribution is 9.10. The second-order valence-electron chi connectivity index (χ2n) is 3.85. The fourth-order valence-corrected chi connectivity index (χ4v) is 2.25. The van der Waals surface area contributed by atoms with Gasteiger partial charge in [-0.05, 0) is 53.2 Å². The molecule has 0 aliphatic heterocycles. The summed E-state index contributed by atoms with van der Waals surface area (Å²) in [6, 6.07) is 6.05. The number of aryl methyl sites for hydroxylation is 1. The van der Waals surface area contributed by atoms with Crippen LogP contribution in [0.4, 0.5) is 0 Å². The van der Waals surface area contributed by atoms with Gasteiger partial charge < -0.3 is 9.73 Å². The van der Waals surface area contributed by atoms with Gasteiger partial charge in [0.2, 0.25) is 0 Å². The molecule has 0 aromatic carbocycles. The van der Waals surface area contributed by atoms with E-state index in [1.54, 1.807) is 6.26 Å². The van der Waals surface area contributed by atoms with Gasteiger partial charge in [-0.2, -0.15) is 0 Å². The number of hydrogen-bond acceptors (Lipinski definition) is 3. The number of halogens is 1. The zero-order chi connectivity index (χ0) is 12.3. The lowest BCUT2D eigenvalue weighted by Gasteiger charge is -2.16. The van der Waals surface area contributed by atoms with Gasteiger partial charge in [-0.3, -0.25) is 4.98 Å². The third-order valence-electron chi connectivity index (χ3n) is 2.57. The Balaban J connectivity index is 2.39. The summed E-state index contributed by atoms with van der Waals surface area (Å²) < 4.78 is 6.53. The minimum atomic E-state index is 0.0612. The second-order valence-corrected chi connectivity index (χ2v) is 4.71. The van der Waals surface area contributed by atoms with E-state index in [0.29, 0.717) is 0 Å². The van der Waals surface area contributed by atoms with Crippen molar-refractivity contribution >= 4 is 15.9 Å². The van der Waals surface area contributed by atoms with Crippen LogP contribution in [0.3, 0.4) is 0 Å². The lowest BCUT2D eigenvalue weighted by molar-refractivity contribution is 0.449. The second kappa shape index (κ2) is 5.47. The van der Waals surface area contributed by atoms with Crippen molar-refractivity contribution in [2.24, 2.45) is 0 Å². The molecular formula is C13H15BrN2O. The van der Waals surface area contributed by atoms with Crippen LogP contribution in [-0.4, -0.2) is 11.5 Å². The third-order valence-corrected chi connectivity index (χ3v) is 3.22. The van der Waals surface area contributed by atoms with Crippen LogP contribution in [0, 0.1) is 6.92 Å². The predicted octanol–water partition coefficient (Wildman–Crippen LogP) is 3.44. The average molecular weight is 295 g/mol. The van der Waals surface area contributed by atoms with E-state index in [4.69, 9.17) is 4.42 Å². The summed E-state index contributed by atoms with van der Waals surface area (Å²) in [5.74, 6) is 0.900. The van der Waals surface area contributed by atoms with Gasteiger partial charge in [0.05, 0.1) is 16.8 Å². The SMILES string of the molecule is CCNC(c1ccnc(C)c1)c1occc1Br. The van der Waals surface area contributed by atoms with Crippen LogP contribution < -0.4 is 5.32 Å². The van der Waals surface area contributed by atoms with Gasteiger partial charge >= 0.3 is 0 Å². The molecule has 0 bridgehead atoms. The van der Waals surface area contributed by atoms with Crippen molar-refractivity contribution in [3.63, 3.8) is 0 Å². The maximum Gasteiger partial charge on any atom is 0.139 e. The summed E-state index contributed by atoms with van der Waals surface area (Å²) >= 11 is 3.50. The molecular weight excluding hydrogens is 280 g/mol. The van der Waals surface area contributed by atoms with E-state index in [1.165, 1.54) is 0 Å².